The molecule has 0 aromatic carbocycles. The monoisotopic (exact) mass is 274 g/mol. The third kappa shape index (κ3) is 3.54. The molecule has 1 saturated carbocycles. The van der Waals surface area contributed by atoms with Crippen LogP contribution in [-0.4, -0.2) is 12.1 Å². The van der Waals surface area contributed by atoms with Crippen molar-refractivity contribution in [2.45, 2.75) is 54.6 Å². The number of ether oxygens (including phenoxy) is 1. The first-order valence-electron chi connectivity index (χ1n) is 7.16. The molecule has 0 amide bonds. The van der Waals surface area contributed by atoms with Gasteiger partial charge in [-0.25, -0.2) is 0 Å². The fourth-order valence-electron chi connectivity index (χ4n) is 2.51. The zero-order valence-electron chi connectivity index (χ0n) is 13.7. The van der Waals surface area contributed by atoms with Gasteiger partial charge in [0.15, 0.2) is 6.10 Å². The summed E-state index contributed by atoms with van der Waals surface area (Å²) in [6, 6.07) is 0. The number of carbonyl (C=O) groups excluding carboxylic acids is 1. The van der Waals surface area contributed by atoms with Crippen molar-refractivity contribution in [2.75, 3.05) is 0 Å². The van der Waals surface area contributed by atoms with Crippen LogP contribution >= 0.6 is 0 Å². The molecule has 20 heavy (non-hydrogen) atoms. The van der Waals surface area contributed by atoms with Crippen LogP contribution in [0.25, 0.3) is 0 Å². The number of esters is 1. The molecule has 3 atom stereocenters. The molecule has 2 heteroatoms. The van der Waals surface area contributed by atoms with E-state index in [1.165, 1.54) is 5.57 Å². The van der Waals surface area contributed by atoms with Crippen LogP contribution < -0.4 is 0 Å². The molecule has 1 aliphatic carbocycles. The lowest BCUT2D eigenvalue weighted by molar-refractivity contribution is -0.147. The molecule has 0 aliphatic heterocycles. The first-order valence-corrected chi connectivity index (χ1v) is 7.16. The van der Waals surface area contributed by atoms with Crippen LogP contribution in [0, 0.1) is 29.1 Å². The normalized spacial score (nSPS) is 25.1. The smallest absolute Gasteiger partial charge is 0.311 e. The van der Waals surface area contributed by atoms with E-state index in [0.717, 1.165) is 5.57 Å². The maximum Gasteiger partial charge on any atom is 0.311 e. The second kappa shape index (κ2) is 6.31. The lowest BCUT2D eigenvalue weighted by Crippen LogP contribution is -2.20. The van der Waals surface area contributed by atoms with Gasteiger partial charge in [0.05, 0.1) is 5.92 Å². The van der Waals surface area contributed by atoms with E-state index in [2.05, 4.69) is 45.6 Å². The molecule has 0 N–H and O–H groups in total. The minimum atomic E-state index is -0.416. The summed E-state index contributed by atoms with van der Waals surface area (Å²) in [5, 5.41) is 0. The van der Waals surface area contributed by atoms with Gasteiger partial charge in [-0.1, -0.05) is 37.5 Å². The molecule has 0 aromatic rings. The fourth-order valence-corrected chi connectivity index (χ4v) is 2.51. The highest BCUT2D eigenvalue weighted by molar-refractivity contribution is 5.79. The molecular weight excluding hydrogens is 248 g/mol. The van der Waals surface area contributed by atoms with Crippen molar-refractivity contribution in [3.8, 4) is 11.8 Å². The Hall–Kier alpha value is -1.49. The molecule has 0 heterocycles. The van der Waals surface area contributed by atoms with Gasteiger partial charge < -0.3 is 4.74 Å². The summed E-state index contributed by atoms with van der Waals surface area (Å²) in [4.78, 5) is 12.4. The summed E-state index contributed by atoms with van der Waals surface area (Å²) in [6.45, 7) is 14.0. The number of hydrogen-bond donors (Lipinski definition) is 0. The zero-order chi connectivity index (χ0) is 15.5. The van der Waals surface area contributed by atoms with Crippen LogP contribution in [0.5, 0.6) is 0 Å². The van der Waals surface area contributed by atoms with Crippen LogP contribution in [-0.2, 0) is 9.53 Å². The Morgan fingerprint density at radius 2 is 1.90 bits per heavy atom. The molecule has 0 spiro atoms. The maximum absolute atomic E-state index is 12.4. The molecule has 0 saturated heterocycles. The van der Waals surface area contributed by atoms with E-state index in [1.807, 2.05) is 19.9 Å². The molecule has 0 bridgehead atoms. The van der Waals surface area contributed by atoms with E-state index in [1.54, 1.807) is 6.92 Å². The van der Waals surface area contributed by atoms with Gasteiger partial charge in [0.25, 0.3) is 0 Å². The van der Waals surface area contributed by atoms with E-state index in [4.69, 9.17) is 4.74 Å². The van der Waals surface area contributed by atoms with Crippen LogP contribution in [0.2, 0.25) is 0 Å². The number of carbonyl (C=O) groups is 1. The van der Waals surface area contributed by atoms with E-state index in [9.17, 15) is 4.79 Å². The van der Waals surface area contributed by atoms with Gasteiger partial charge in [-0.2, -0.15) is 0 Å². The highest BCUT2D eigenvalue weighted by Crippen LogP contribution is 2.59. The minimum absolute atomic E-state index is 0.0115. The van der Waals surface area contributed by atoms with Crippen molar-refractivity contribution < 1.29 is 9.53 Å². The zero-order valence-corrected chi connectivity index (χ0v) is 13.7. The van der Waals surface area contributed by atoms with Gasteiger partial charge in [0.1, 0.15) is 0 Å². The molecule has 0 radical (unpaired) electrons. The molecular formula is C18H26O2. The standard InChI is InChI=1S/C18H26O2/c1-8-10-15(13(5)9-2)20-17(19)16-14(11-12(3)4)18(16,6)7/h9,11,14-16H,1-7H3. The van der Waals surface area contributed by atoms with E-state index >= 15 is 0 Å². The van der Waals surface area contributed by atoms with Gasteiger partial charge in [-0.15, -0.1) is 5.92 Å². The van der Waals surface area contributed by atoms with Crippen LogP contribution in [0.3, 0.4) is 0 Å². The highest BCUT2D eigenvalue weighted by Gasteiger charge is 2.61. The highest BCUT2D eigenvalue weighted by atomic mass is 16.5. The van der Waals surface area contributed by atoms with Crippen LogP contribution in [0.1, 0.15) is 48.5 Å². The minimum Gasteiger partial charge on any atom is -0.444 e. The van der Waals surface area contributed by atoms with Crippen LogP contribution in [0.4, 0.5) is 0 Å². The molecule has 3 unspecified atom stereocenters. The Labute approximate surface area is 123 Å². The summed E-state index contributed by atoms with van der Waals surface area (Å²) >= 11 is 0. The second-order valence-corrected chi connectivity index (χ2v) is 6.31. The van der Waals surface area contributed by atoms with Crippen molar-refractivity contribution >= 4 is 5.97 Å². The van der Waals surface area contributed by atoms with Crippen molar-refractivity contribution in [3.63, 3.8) is 0 Å². The lowest BCUT2D eigenvalue weighted by atomic mass is 10.1. The summed E-state index contributed by atoms with van der Waals surface area (Å²) in [7, 11) is 0. The Morgan fingerprint density at radius 1 is 1.30 bits per heavy atom. The lowest BCUT2D eigenvalue weighted by Gasteiger charge is -2.13. The topological polar surface area (TPSA) is 26.3 Å². The van der Waals surface area contributed by atoms with Crippen molar-refractivity contribution in [1.82, 2.24) is 0 Å². The average Bonchev–Trinajstić information content (AvgIpc) is 2.88. The van der Waals surface area contributed by atoms with E-state index < -0.39 is 6.10 Å². The Bertz CT molecular complexity index is 493. The van der Waals surface area contributed by atoms with Crippen molar-refractivity contribution in [3.05, 3.63) is 23.3 Å². The third-order valence-corrected chi connectivity index (χ3v) is 4.06. The van der Waals surface area contributed by atoms with Gasteiger partial charge >= 0.3 is 5.97 Å². The van der Waals surface area contributed by atoms with Gasteiger partial charge in [-0.3, -0.25) is 4.79 Å². The molecule has 0 aromatic heterocycles. The predicted octanol–water partition coefficient (Wildman–Crippen LogP) is 4.13. The quantitative estimate of drug-likeness (QED) is 0.438. The Balaban J connectivity index is 2.81. The molecule has 2 nitrogen and oxygen atoms in total. The van der Waals surface area contributed by atoms with E-state index in [0.29, 0.717) is 0 Å². The number of allylic oxidation sites excluding steroid dienone is 3. The maximum atomic E-state index is 12.4. The van der Waals surface area contributed by atoms with E-state index in [-0.39, 0.29) is 23.2 Å². The Morgan fingerprint density at radius 3 is 2.35 bits per heavy atom. The summed E-state index contributed by atoms with van der Waals surface area (Å²) in [5.74, 6) is 5.88. The summed E-state index contributed by atoms with van der Waals surface area (Å²) < 4.78 is 5.60. The fraction of sp³-hybridized carbons (Fsp3) is 0.611. The number of hydrogen-bond acceptors (Lipinski definition) is 2. The largest absolute Gasteiger partial charge is 0.444 e. The second-order valence-electron chi connectivity index (χ2n) is 6.31. The average molecular weight is 274 g/mol. The molecule has 1 fully saturated rings. The van der Waals surface area contributed by atoms with Gasteiger partial charge in [-0.05, 0) is 51.5 Å². The Kier molecular flexibility index (Phi) is 5.22. The first kappa shape index (κ1) is 16.6. The first-order chi connectivity index (χ1) is 9.25. The van der Waals surface area contributed by atoms with Crippen molar-refractivity contribution in [1.29, 1.82) is 0 Å². The summed E-state index contributed by atoms with van der Waals surface area (Å²) in [6.07, 6.45) is 3.70. The molecule has 110 valence electrons. The summed E-state index contributed by atoms with van der Waals surface area (Å²) in [5.41, 5.74) is 2.21. The predicted molar refractivity (Wildman–Crippen MR) is 83.0 cm³/mol. The van der Waals surface area contributed by atoms with Gasteiger partial charge in [0, 0.05) is 0 Å². The van der Waals surface area contributed by atoms with Crippen molar-refractivity contribution in [2.24, 2.45) is 17.3 Å². The van der Waals surface area contributed by atoms with Crippen LogP contribution in [0.15, 0.2) is 23.3 Å². The molecule has 1 rings (SSSR count). The molecule has 1 aliphatic rings. The number of rotatable bonds is 4. The third-order valence-electron chi connectivity index (χ3n) is 4.06. The SMILES string of the molecule is CC#CC(OC(=O)C1C(C=C(C)C)C1(C)C)C(C)=CC. The van der Waals surface area contributed by atoms with Gasteiger partial charge in [0.2, 0.25) is 0 Å².